The van der Waals surface area contributed by atoms with Crippen LogP contribution >= 0.6 is 0 Å². The lowest BCUT2D eigenvalue weighted by Gasteiger charge is -2.15. The van der Waals surface area contributed by atoms with Gasteiger partial charge < -0.3 is 20.7 Å². The van der Waals surface area contributed by atoms with E-state index in [4.69, 9.17) is 4.74 Å². The smallest absolute Gasteiger partial charge is 0.227 e. The molecule has 1 aromatic carbocycles. The number of pyridine rings is 1. The summed E-state index contributed by atoms with van der Waals surface area (Å²) in [6, 6.07) is 13.9. The Labute approximate surface area is 173 Å². The van der Waals surface area contributed by atoms with Crippen LogP contribution in [0.15, 0.2) is 53.7 Å². The lowest BCUT2D eigenvalue weighted by Crippen LogP contribution is -2.39. The fourth-order valence-corrected chi connectivity index (χ4v) is 2.62. The third-order valence-corrected chi connectivity index (χ3v) is 4.30. The van der Waals surface area contributed by atoms with Crippen molar-refractivity contribution < 1.29 is 9.53 Å². The van der Waals surface area contributed by atoms with Crippen molar-refractivity contribution in [2.75, 3.05) is 32.1 Å². The molecule has 1 atom stereocenters. The Kier molecular flexibility index (Phi) is 9.65. The number of guanidine groups is 1. The Hall–Kier alpha value is -2.93. The van der Waals surface area contributed by atoms with Crippen molar-refractivity contribution in [2.45, 2.75) is 32.8 Å². The van der Waals surface area contributed by atoms with Crippen LogP contribution in [-0.2, 0) is 9.53 Å². The van der Waals surface area contributed by atoms with Crippen LogP contribution in [0.2, 0.25) is 0 Å². The van der Waals surface area contributed by atoms with Crippen molar-refractivity contribution in [1.82, 2.24) is 15.6 Å². The van der Waals surface area contributed by atoms with E-state index in [0.29, 0.717) is 31.3 Å². The largest absolute Gasteiger partial charge is 0.374 e. The molecule has 0 radical (unpaired) electrons. The zero-order chi connectivity index (χ0) is 20.9. The first-order chi connectivity index (χ1) is 14.1. The average molecular weight is 398 g/mol. The van der Waals surface area contributed by atoms with Gasteiger partial charge in [-0.15, -0.1) is 0 Å². The third kappa shape index (κ3) is 8.74. The van der Waals surface area contributed by atoms with Crippen LogP contribution in [0.4, 0.5) is 5.82 Å². The highest BCUT2D eigenvalue weighted by atomic mass is 16.5. The number of hydrogen-bond acceptors (Lipinski definition) is 4. The van der Waals surface area contributed by atoms with Gasteiger partial charge in [0.1, 0.15) is 5.82 Å². The number of benzene rings is 1. The molecule has 0 saturated carbocycles. The molecule has 2 aromatic rings. The van der Waals surface area contributed by atoms with Gasteiger partial charge >= 0.3 is 0 Å². The van der Waals surface area contributed by atoms with Gasteiger partial charge in [0.15, 0.2) is 5.96 Å². The molecule has 3 N–H and O–H groups in total. The number of carbonyl (C=O) groups excluding carboxylic acids is 1. The van der Waals surface area contributed by atoms with Crippen LogP contribution < -0.4 is 16.0 Å². The van der Waals surface area contributed by atoms with Gasteiger partial charge in [0.25, 0.3) is 0 Å². The minimum atomic E-state index is -0.0902. The number of amides is 1. The number of ether oxygens (including phenoxy) is 1. The van der Waals surface area contributed by atoms with E-state index < -0.39 is 0 Å². The Balaban J connectivity index is 1.56. The summed E-state index contributed by atoms with van der Waals surface area (Å²) in [5, 5.41) is 9.14. The minimum absolute atomic E-state index is 0.0789. The van der Waals surface area contributed by atoms with Gasteiger partial charge in [-0.1, -0.05) is 36.4 Å². The molecular weight excluding hydrogens is 366 g/mol. The van der Waals surface area contributed by atoms with Gasteiger partial charge in [0.05, 0.1) is 6.10 Å². The van der Waals surface area contributed by atoms with E-state index in [2.05, 4.69) is 45.0 Å². The van der Waals surface area contributed by atoms with Crippen molar-refractivity contribution in [2.24, 2.45) is 4.99 Å². The van der Waals surface area contributed by atoms with Crippen molar-refractivity contribution in [3.05, 3.63) is 59.8 Å². The molecule has 0 aliphatic rings. The number of nitrogens with zero attached hydrogens (tertiary/aromatic N) is 2. The summed E-state index contributed by atoms with van der Waals surface area (Å²) in [6.07, 6.45) is 2.99. The first-order valence-corrected chi connectivity index (χ1v) is 9.92. The fraction of sp³-hybridized carbons (Fsp3) is 0.409. The molecule has 1 aromatic heterocycles. The van der Waals surface area contributed by atoms with E-state index in [1.807, 2.05) is 31.2 Å². The van der Waals surface area contributed by atoms with E-state index in [-0.39, 0.29) is 12.0 Å². The molecule has 0 fully saturated rings. The van der Waals surface area contributed by atoms with E-state index in [1.54, 1.807) is 19.3 Å². The molecular formula is C22H31N5O2. The highest BCUT2D eigenvalue weighted by Crippen LogP contribution is 2.15. The lowest BCUT2D eigenvalue weighted by atomic mass is 10.1. The minimum Gasteiger partial charge on any atom is -0.374 e. The second-order valence-corrected chi connectivity index (χ2v) is 6.72. The summed E-state index contributed by atoms with van der Waals surface area (Å²) < 4.78 is 5.86. The van der Waals surface area contributed by atoms with Crippen LogP contribution in [0.25, 0.3) is 0 Å². The topological polar surface area (TPSA) is 87.6 Å². The molecule has 1 unspecified atom stereocenters. The fourth-order valence-electron chi connectivity index (χ4n) is 2.62. The monoisotopic (exact) mass is 397 g/mol. The van der Waals surface area contributed by atoms with Crippen LogP contribution in [0, 0.1) is 6.92 Å². The number of hydrogen-bond donors (Lipinski definition) is 3. The normalized spacial score (nSPS) is 12.3. The number of aliphatic imine (C=N–C) groups is 1. The first-order valence-electron chi connectivity index (χ1n) is 9.92. The van der Waals surface area contributed by atoms with Crippen LogP contribution in [0.5, 0.6) is 0 Å². The highest BCUT2D eigenvalue weighted by molar-refractivity contribution is 5.90. The molecule has 0 aliphatic heterocycles. The predicted octanol–water partition coefficient (Wildman–Crippen LogP) is 3.05. The maximum atomic E-state index is 12.0. The van der Waals surface area contributed by atoms with E-state index >= 15 is 0 Å². The van der Waals surface area contributed by atoms with Crippen molar-refractivity contribution in [3.8, 4) is 0 Å². The molecule has 2 rings (SSSR count). The van der Waals surface area contributed by atoms with Crippen LogP contribution in [-0.4, -0.2) is 43.6 Å². The summed E-state index contributed by atoms with van der Waals surface area (Å²) >= 11 is 0. The number of carbonyl (C=O) groups is 1. The molecule has 0 aliphatic carbocycles. The molecule has 0 bridgehead atoms. The van der Waals surface area contributed by atoms with E-state index in [0.717, 1.165) is 18.5 Å². The predicted molar refractivity (Wildman–Crippen MR) is 117 cm³/mol. The van der Waals surface area contributed by atoms with E-state index in [9.17, 15) is 4.79 Å². The summed E-state index contributed by atoms with van der Waals surface area (Å²) in [6.45, 7) is 5.89. The second kappa shape index (κ2) is 12.5. The summed E-state index contributed by atoms with van der Waals surface area (Å²) in [4.78, 5) is 20.3. The molecule has 29 heavy (non-hydrogen) atoms. The van der Waals surface area contributed by atoms with Gasteiger partial charge in [-0.25, -0.2) is 4.98 Å². The van der Waals surface area contributed by atoms with Gasteiger partial charge in [-0.05, 0) is 37.5 Å². The Morgan fingerprint density at radius 1 is 1.14 bits per heavy atom. The Bertz CT molecular complexity index is 763. The maximum Gasteiger partial charge on any atom is 0.227 e. The molecule has 1 heterocycles. The molecule has 0 saturated heterocycles. The van der Waals surface area contributed by atoms with Gasteiger partial charge in [0.2, 0.25) is 5.91 Å². The second-order valence-electron chi connectivity index (χ2n) is 6.72. The standard InChI is InChI=1S/C22H31N5O2/c1-17-10-11-20(26-16-17)27-21(28)12-14-25-22(23-3)24-13-7-15-29-18(2)19-8-5-4-6-9-19/h4-6,8-11,16,18H,7,12-15H2,1-3H3,(H2,23,24,25)(H,26,27,28). The number of aromatic nitrogens is 1. The SMILES string of the molecule is CN=C(NCCCOC(C)c1ccccc1)NCCC(=O)Nc1ccc(C)cn1. The van der Waals surface area contributed by atoms with Gasteiger partial charge in [0, 0.05) is 39.4 Å². The highest BCUT2D eigenvalue weighted by Gasteiger charge is 2.06. The third-order valence-electron chi connectivity index (χ3n) is 4.30. The number of rotatable bonds is 10. The summed E-state index contributed by atoms with van der Waals surface area (Å²) in [5.74, 6) is 1.14. The Morgan fingerprint density at radius 3 is 2.59 bits per heavy atom. The number of nitrogens with one attached hydrogen (secondary N) is 3. The molecule has 156 valence electrons. The maximum absolute atomic E-state index is 12.0. The van der Waals surface area contributed by atoms with Crippen LogP contribution in [0.3, 0.4) is 0 Å². The zero-order valence-corrected chi connectivity index (χ0v) is 17.4. The number of anilines is 1. The summed E-state index contributed by atoms with van der Waals surface area (Å²) in [5.41, 5.74) is 2.23. The van der Waals surface area contributed by atoms with Gasteiger partial charge in [-0.2, -0.15) is 0 Å². The molecule has 7 nitrogen and oxygen atoms in total. The molecule has 7 heteroatoms. The van der Waals surface area contributed by atoms with E-state index in [1.165, 1.54) is 5.56 Å². The van der Waals surface area contributed by atoms with Crippen molar-refractivity contribution in [3.63, 3.8) is 0 Å². The first kappa shape index (κ1) is 22.4. The Morgan fingerprint density at radius 2 is 1.90 bits per heavy atom. The average Bonchev–Trinajstić information content (AvgIpc) is 2.74. The van der Waals surface area contributed by atoms with Crippen LogP contribution in [0.1, 0.15) is 37.0 Å². The summed E-state index contributed by atoms with van der Waals surface area (Å²) in [7, 11) is 1.71. The van der Waals surface area contributed by atoms with Gasteiger partial charge in [-0.3, -0.25) is 9.79 Å². The molecule has 0 spiro atoms. The lowest BCUT2D eigenvalue weighted by molar-refractivity contribution is -0.116. The van der Waals surface area contributed by atoms with Crippen molar-refractivity contribution >= 4 is 17.7 Å². The number of aryl methyl sites for hydroxylation is 1. The zero-order valence-electron chi connectivity index (χ0n) is 17.4. The van der Waals surface area contributed by atoms with Crippen molar-refractivity contribution in [1.29, 1.82) is 0 Å². The quantitative estimate of drug-likeness (QED) is 0.326. The molecule has 1 amide bonds.